The Morgan fingerprint density at radius 2 is 1.68 bits per heavy atom. The molecule has 3 rings (SSSR count). The number of carboxylic acid groups (broad SMARTS) is 1. The van der Waals surface area contributed by atoms with Crippen LogP contribution in [0.1, 0.15) is 24.0 Å². The van der Waals surface area contributed by atoms with Crippen LogP contribution in [-0.4, -0.2) is 13.1 Å². The van der Waals surface area contributed by atoms with E-state index >= 15 is 0 Å². The lowest BCUT2D eigenvalue weighted by atomic mass is 9.98. The zero-order chi connectivity index (χ0) is 18.2. The fourth-order valence-corrected chi connectivity index (χ4v) is 2.42. The molecule has 0 amide bonds. The number of ether oxygens (including phenoxy) is 1. The Morgan fingerprint density at radius 3 is 2.24 bits per heavy atom. The van der Waals surface area contributed by atoms with Gasteiger partial charge in [0.1, 0.15) is 5.75 Å². The van der Waals surface area contributed by atoms with E-state index in [0.29, 0.717) is 0 Å². The Balaban J connectivity index is 0.000000236. The molecule has 3 aromatic rings. The zero-order valence-electron chi connectivity index (χ0n) is 14.6. The van der Waals surface area contributed by atoms with Crippen molar-refractivity contribution in [3.8, 4) is 5.75 Å². The van der Waals surface area contributed by atoms with E-state index in [9.17, 15) is 9.90 Å². The Hall–Kier alpha value is -2.85. The van der Waals surface area contributed by atoms with Crippen LogP contribution in [0, 0.1) is 0 Å². The van der Waals surface area contributed by atoms with Gasteiger partial charge in [-0.3, -0.25) is 0 Å². The molecule has 0 saturated heterocycles. The number of fused-ring (bicyclic) bond motifs is 1. The third-order valence-corrected chi connectivity index (χ3v) is 4.06. The molecule has 4 heteroatoms. The topological polar surface area (TPSA) is 77.0 Å². The number of quaternary nitrogens is 1. The Kier molecular flexibility index (Phi) is 6.54. The summed E-state index contributed by atoms with van der Waals surface area (Å²) in [5.41, 5.74) is 5.81. The first-order chi connectivity index (χ1) is 12.0. The molecule has 0 unspecified atom stereocenters. The first-order valence-electron chi connectivity index (χ1n) is 8.17. The predicted molar refractivity (Wildman–Crippen MR) is 97.0 cm³/mol. The van der Waals surface area contributed by atoms with Crippen molar-refractivity contribution < 1.29 is 20.4 Å². The van der Waals surface area contributed by atoms with Crippen LogP contribution >= 0.6 is 0 Å². The minimum atomic E-state index is -1.06. The number of methoxy groups -OCH3 is 1. The van der Waals surface area contributed by atoms with E-state index in [1.165, 1.54) is 5.56 Å². The van der Waals surface area contributed by atoms with Gasteiger partial charge in [-0.1, -0.05) is 61.5 Å². The highest BCUT2D eigenvalue weighted by Gasteiger charge is 2.07. The number of carboxylic acids is 1. The van der Waals surface area contributed by atoms with Crippen molar-refractivity contribution in [3.05, 3.63) is 77.9 Å². The SMILES string of the molecule is COc1ccc2cc([C@H](C)C(=O)[O-])ccc2c1.[NH3+]Cc1ccccc1. The van der Waals surface area contributed by atoms with E-state index < -0.39 is 11.9 Å². The van der Waals surface area contributed by atoms with Gasteiger partial charge in [0, 0.05) is 17.5 Å². The number of rotatable bonds is 4. The fourth-order valence-electron chi connectivity index (χ4n) is 2.42. The summed E-state index contributed by atoms with van der Waals surface area (Å²) in [6, 6.07) is 21.5. The molecule has 1 atom stereocenters. The van der Waals surface area contributed by atoms with Gasteiger partial charge in [-0.15, -0.1) is 0 Å². The lowest BCUT2D eigenvalue weighted by Gasteiger charge is -2.13. The van der Waals surface area contributed by atoms with E-state index in [4.69, 9.17) is 4.74 Å². The number of hydrogen-bond donors (Lipinski definition) is 1. The van der Waals surface area contributed by atoms with Crippen molar-refractivity contribution in [1.29, 1.82) is 0 Å². The number of aliphatic carboxylic acids is 1. The first kappa shape index (κ1) is 18.5. The second kappa shape index (κ2) is 8.85. The van der Waals surface area contributed by atoms with Gasteiger partial charge >= 0.3 is 0 Å². The summed E-state index contributed by atoms with van der Waals surface area (Å²) in [4.78, 5) is 10.8. The van der Waals surface area contributed by atoms with Gasteiger partial charge in [-0.2, -0.15) is 0 Å². The van der Waals surface area contributed by atoms with Crippen molar-refractivity contribution >= 4 is 16.7 Å². The summed E-state index contributed by atoms with van der Waals surface area (Å²) in [6.45, 7) is 2.51. The molecule has 0 aliphatic heterocycles. The number of carbonyl (C=O) groups excluding carboxylic acids is 1. The lowest BCUT2D eigenvalue weighted by molar-refractivity contribution is -0.386. The summed E-state index contributed by atoms with van der Waals surface area (Å²) in [6.07, 6.45) is 0. The van der Waals surface area contributed by atoms with Crippen molar-refractivity contribution in [2.75, 3.05) is 7.11 Å². The summed E-state index contributed by atoms with van der Waals surface area (Å²) < 4.78 is 5.13. The zero-order valence-corrected chi connectivity index (χ0v) is 14.6. The van der Waals surface area contributed by atoms with Crippen LogP contribution in [0.15, 0.2) is 66.7 Å². The Morgan fingerprint density at radius 1 is 1.04 bits per heavy atom. The largest absolute Gasteiger partial charge is 0.550 e. The van der Waals surface area contributed by atoms with Crippen LogP contribution in [0.2, 0.25) is 0 Å². The highest BCUT2D eigenvalue weighted by Crippen LogP contribution is 2.24. The van der Waals surface area contributed by atoms with E-state index in [1.807, 2.05) is 54.6 Å². The summed E-state index contributed by atoms with van der Waals surface area (Å²) in [5.74, 6) is -0.863. The molecular formula is C21H23NO3. The summed E-state index contributed by atoms with van der Waals surface area (Å²) in [5, 5.41) is 12.8. The average molecular weight is 337 g/mol. The number of carbonyl (C=O) groups is 1. The van der Waals surface area contributed by atoms with Gasteiger partial charge in [-0.25, -0.2) is 0 Å². The van der Waals surface area contributed by atoms with Crippen LogP contribution in [0.4, 0.5) is 0 Å². The Bertz CT molecular complexity index is 831. The van der Waals surface area contributed by atoms with Gasteiger partial charge in [0.2, 0.25) is 0 Å². The molecule has 3 N–H and O–H groups in total. The van der Waals surface area contributed by atoms with Crippen molar-refractivity contribution in [3.63, 3.8) is 0 Å². The molecule has 0 bridgehead atoms. The molecule has 130 valence electrons. The maximum Gasteiger partial charge on any atom is 0.119 e. The number of benzene rings is 3. The Labute approximate surface area is 147 Å². The van der Waals surface area contributed by atoms with Crippen molar-refractivity contribution in [1.82, 2.24) is 0 Å². The monoisotopic (exact) mass is 337 g/mol. The maximum atomic E-state index is 10.8. The smallest absolute Gasteiger partial charge is 0.119 e. The maximum absolute atomic E-state index is 10.8. The fraction of sp³-hybridized carbons (Fsp3) is 0.190. The molecule has 0 spiro atoms. The number of hydrogen-bond acceptors (Lipinski definition) is 3. The van der Waals surface area contributed by atoms with Crippen LogP contribution in [0.3, 0.4) is 0 Å². The van der Waals surface area contributed by atoms with Crippen molar-refractivity contribution in [2.24, 2.45) is 0 Å². The molecule has 25 heavy (non-hydrogen) atoms. The minimum absolute atomic E-state index is 0.596. The normalized spacial score (nSPS) is 11.3. The molecule has 0 aliphatic rings. The van der Waals surface area contributed by atoms with Gasteiger partial charge in [0.25, 0.3) is 0 Å². The van der Waals surface area contributed by atoms with Gasteiger partial charge < -0.3 is 20.4 Å². The standard InChI is InChI=1S/C14H14O3.C7H9N/c1-9(14(15)16)10-3-4-12-8-13(17-2)6-5-11(12)7-10;8-6-7-4-2-1-3-5-7/h3-9H,1-2H3,(H,15,16);1-5H,6,8H2/t9-;/m0./s1. The average Bonchev–Trinajstić information content (AvgIpc) is 2.67. The molecule has 3 aromatic carbocycles. The molecular weight excluding hydrogens is 314 g/mol. The minimum Gasteiger partial charge on any atom is -0.550 e. The molecule has 0 saturated carbocycles. The molecule has 0 radical (unpaired) electrons. The predicted octanol–water partition coefficient (Wildman–Crippen LogP) is 2.13. The van der Waals surface area contributed by atoms with Crippen LogP contribution in [-0.2, 0) is 11.3 Å². The summed E-state index contributed by atoms with van der Waals surface area (Å²) >= 11 is 0. The molecule has 0 aromatic heterocycles. The first-order valence-corrected chi connectivity index (χ1v) is 8.17. The van der Waals surface area contributed by atoms with E-state index in [0.717, 1.165) is 28.6 Å². The van der Waals surface area contributed by atoms with E-state index in [-0.39, 0.29) is 0 Å². The third kappa shape index (κ3) is 5.06. The van der Waals surface area contributed by atoms with Gasteiger partial charge in [-0.05, 0) is 28.5 Å². The van der Waals surface area contributed by atoms with Crippen LogP contribution in [0.5, 0.6) is 5.75 Å². The molecule has 0 heterocycles. The molecule has 0 fully saturated rings. The molecule has 4 nitrogen and oxygen atoms in total. The summed E-state index contributed by atoms with van der Waals surface area (Å²) in [7, 11) is 1.62. The van der Waals surface area contributed by atoms with Crippen LogP contribution < -0.4 is 15.6 Å². The van der Waals surface area contributed by atoms with E-state index in [2.05, 4.69) is 17.9 Å². The molecule has 0 aliphatic carbocycles. The van der Waals surface area contributed by atoms with Crippen LogP contribution in [0.25, 0.3) is 10.8 Å². The second-order valence-corrected chi connectivity index (χ2v) is 5.75. The quantitative estimate of drug-likeness (QED) is 0.792. The van der Waals surface area contributed by atoms with Gasteiger partial charge in [0.05, 0.1) is 13.7 Å². The highest BCUT2D eigenvalue weighted by molar-refractivity contribution is 5.86. The van der Waals surface area contributed by atoms with Crippen molar-refractivity contribution in [2.45, 2.75) is 19.4 Å². The van der Waals surface area contributed by atoms with Gasteiger partial charge in [0.15, 0.2) is 0 Å². The lowest BCUT2D eigenvalue weighted by Crippen LogP contribution is -2.47. The third-order valence-electron chi connectivity index (χ3n) is 4.06. The second-order valence-electron chi connectivity index (χ2n) is 5.75. The van der Waals surface area contributed by atoms with E-state index in [1.54, 1.807) is 14.0 Å². The highest BCUT2D eigenvalue weighted by atomic mass is 16.5.